The molecule has 24 heavy (non-hydrogen) atoms. The molecule has 0 spiro atoms. The third kappa shape index (κ3) is 3.54. The first kappa shape index (κ1) is 16.4. The van der Waals surface area contributed by atoms with E-state index >= 15 is 0 Å². The number of pyridine rings is 1. The summed E-state index contributed by atoms with van der Waals surface area (Å²) in [5.74, 6) is 0.197. The number of nitrogens with zero attached hydrogens (tertiary/aromatic N) is 2. The van der Waals surface area contributed by atoms with Gasteiger partial charge < -0.3 is 14.7 Å². The van der Waals surface area contributed by atoms with Crippen molar-refractivity contribution in [2.45, 2.75) is 25.0 Å². The number of aromatic nitrogens is 1. The molecule has 1 fully saturated rings. The molecule has 1 aliphatic heterocycles. The number of ether oxygens (including phenoxy) is 1. The lowest BCUT2D eigenvalue weighted by atomic mass is 10.0. The molecule has 2 atom stereocenters. The molecular formula is C18H19FN2O3. The predicted octanol–water partition coefficient (Wildman–Crippen LogP) is 2.11. The van der Waals surface area contributed by atoms with E-state index in [2.05, 4.69) is 4.98 Å². The van der Waals surface area contributed by atoms with Crippen molar-refractivity contribution in [1.82, 2.24) is 9.88 Å². The fourth-order valence-electron chi connectivity index (χ4n) is 2.98. The van der Waals surface area contributed by atoms with Gasteiger partial charge in [0.15, 0.2) is 0 Å². The number of carbonyl (C=O) groups excluding carboxylic acids is 1. The number of aliphatic hydroxyl groups excluding tert-OH is 1. The second-order valence-electron chi connectivity index (χ2n) is 5.87. The lowest BCUT2D eigenvalue weighted by Gasteiger charge is -2.24. The minimum Gasteiger partial charge on any atom is -0.495 e. The number of hydrogen-bond acceptors (Lipinski definition) is 4. The summed E-state index contributed by atoms with van der Waals surface area (Å²) in [5.41, 5.74) is 1.46. The van der Waals surface area contributed by atoms with Gasteiger partial charge in [-0.15, -0.1) is 0 Å². The van der Waals surface area contributed by atoms with Crippen LogP contribution in [-0.4, -0.2) is 40.7 Å². The van der Waals surface area contributed by atoms with Gasteiger partial charge in [0.2, 0.25) is 5.91 Å². The second-order valence-corrected chi connectivity index (χ2v) is 5.87. The van der Waals surface area contributed by atoms with Crippen LogP contribution in [0.25, 0.3) is 0 Å². The van der Waals surface area contributed by atoms with Crippen LogP contribution in [-0.2, 0) is 11.2 Å². The number of aliphatic hydroxyl groups is 1. The van der Waals surface area contributed by atoms with Crippen LogP contribution in [0.2, 0.25) is 0 Å². The van der Waals surface area contributed by atoms with Crippen molar-refractivity contribution < 1.29 is 19.0 Å². The van der Waals surface area contributed by atoms with Gasteiger partial charge in [0.25, 0.3) is 0 Å². The Balaban J connectivity index is 1.75. The van der Waals surface area contributed by atoms with E-state index in [1.54, 1.807) is 42.5 Å². The highest BCUT2D eigenvalue weighted by Gasteiger charge is 2.35. The average Bonchev–Trinajstić information content (AvgIpc) is 2.98. The first-order valence-corrected chi connectivity index (χ1v) is 7.78. The molecular weight excluding hydrogens is 311 g/mol. The fraction of sp³-hybridized carbons (Fsp3) is 0.333. The van der Waals surface area contributed by atoms with E-state index < -0.39 is 6.10 Å². The average molecular weight is 330 g/mol. The van der Waals surface area contributed by atoms with Crippen molar-refractivity contribution in [3.8, 4) is 5.75 Å². The highest BCUT2D eigenvalue weighted by Crippen LogP contribution is 2.32. The van der Waals surface area contributed by atoms with Crippen LogP contribution in [0.3, 0.4) is 0 Å². The Labute approximate surface area is 139 Å². The quantitative estimate of drug-likeness (QED) is 0.933. The first-order chi connectivity index (χ1) is 11.6. The van der Waals surface area contributed by atoms with E-state index in [1.807, 2.05) is 0 Å². The number of amides is 1. The summed E-state index contributed by atoms with van der Waals surface area (Å²) in [6.45, 7) is 0.275. The number of methoxy groups -OCH3 is 1. The zero-order valence-corrected chi connectivity index (χ0v) is 13.4. The molecule has 6 heteroatoms. The molecule has 0 radical (unpaired) electrons. The van der Waals surface area contributed by atoms with Crippen LogP contribution in [0, 0.1) is 5.82 Å². The SMILES string of the molecule is COc1ccc(CC(=O)N2C[C@H](O)C[C@H]2c2ccc(F)cc2)nc1. The third-order valence-electron chi connectivity index (χ3n) is 4.22. The van der Waals surface area contributed by atoms with E-state index in [4.69, 9.17) is 4.74 Å². The van der Waals surface area contributed by atoms with Crippen molar-refractivity contribution >= 4 is 5.91 Å². The van der Waals surface area contributed by atoms with Gasteiger partial charge in [0.05, 0.1) is 31.9 Å². The van der Waals surface area contributed by atoms with E-state index in [-0.39, 0.29) is 30.7 Å². The highest BCUT2D eigenvalue weighted by molar-refractivity contribution is 5.79. The summed E-state index contributed by atoms with van der Waals surface area (Å²) in [6.07, 6.45) is 1.59. The van der Waals surface area contributed by atoms with E-state index in [9.17, 15) is 14.3 Å². The number of β-amino-alcohol motifs (C(OH)–C–C–N with tert-alkyl or cyclic N) is 1. The lowest BCUT2D eigenvalue weighted by molar-refractivity contribution is -0.131. The monoisotopic (exact) mass is 330 g/mol. The Morgan fingerprint density at radius 3 is 2.71 bits per heavy atom. The molecule has 0 bridgehead atoms. The van der Waals surface area contributed by atoms with Gasteiger partial charge in [-0.05, 0) is 36.2 Å². The molecule has 2 aromatic rings. The number of hydrogen-bond donors (Lipinski definition) is 1. The van der Waals surface area contributed by atoms with Crippen molar-refractivity contribution in [2.24, 2.45) is 0 Å². The molecule has 0 saturated carbocycles. The van der Waals surface area contributed by atoms with Crippen LogP contribution >= 0.6 is 0 Å². The van der Waals surface area contributed by atoms with Crippen molar-refractivity contribution in [3.63, 3.8) is 0 Å². The van der Waals surface area contributed by atoms with Crippen LogP contribution < -0.4 is 4.74 Å². The molecule has 1 amide bonds. The summed E-state index contributed by atoms with van der Waals surface area (Å²) >= 11 is 0. The number of likely N-dealkylation sites (tertiary alicyclic amines) is 1. The summed E-state index contributed by atoms with van der Waals surface area (Å²) < 4.78 is 18.2. The zero-order chi connectivity index (χ0) is 17.1. The minimum absolute atomic E-state index is 0.112. The summed E-state index contributed by atoms with van der Waals surface area (Å²) in [5, 5.41) is 9.97. The van der Waals surface area contributed by atoms with Crippen LogP contribution in [0.1, 0.15) is 23.7 Å². The molecule has 0 unspecified atom stereocenters. The second kappa shape index (κ2) is 6.97. The van der Waals surface area contributed by atoms with Gasteiger partial charge in [0, 0.05) is 12.2 Å². The summed E-state index contributed by atoms with van der Waals surface area (Å²) in [6, 6.07) is 9.31. The van der Waals surface area contributed by atoms with Crippen molar-refractivity contribution in [2.75, 3.05) is 13.7 Å². The minimum atomic E-state index is -0.576. The molecule has 1 aromatic heterocycles. The maximum absolute atomic E-state index is 13.1. The highest BCUT2D eigenvalue weighted by atomic mass is 19.1. The Hall–Kier alpha value is -2.47. The summed E-state index contributed by atoms with van der Waals surface area (Å²) in [4.78, 5) is 18.5. The maximum atomic E-state index is 13.1. The van der Waals surface area contributed by atoms with Crippen molar-refractivity contribution in [1.29, 1.82) is 0 Å². The molecule has 126 valence electrons. The molecule has 2 heterocycles. The third-order valence-corrected chi connectivity index (χ3v) is 4.22. The molecule has 1 N–H and O–H groups in total. The Morgan fingerprint density at radius 2 is 2.08 bits per heavy atom. The van der Waals surface area contributed by atoms with E-state index in [0.29, 0.717) is 17.9 Å². The molecule has 3 rings (SSSR count). The molecule has 0 aliphatic carbocycles. The smallest absolute Gasteiger partial charge is 0.229 e. The van der Waals surface area contributed by atoms with Gasteiger partial charge in [-0.2, -0.15) is 0 Å². The van der Waals surface area contributed by atoms with Gasteiger partial charge in [-0.3, -0.25) is 9.78 Å². The molecule has 1 aliphatic rings. The number of carbonyl (C=O) groups is 1. The number of halogens is 1. The molecule has 1 aromatic carbocycles. The maximum Gasteiger partial charge on any atom is 0.229 e. The Bertz CT molecular complexity index is 703. The Morgan fingerprint density at radius 1 is 1.33 bits per heavy atom. The number of benzene rings is 1. The van der Waals surface area contributed by atoms with E-state index in [1.165, 1.54) is 12.1 Å². The Kier molecular flexibility index (Phi) is 4.76. The van der Waals surface area contributed by atoms with Crippen LogP contribution in [0.15, 0.2) is 42.6 Å². The van der Waals surface area contributed by atoms with Gasteiger partial charge in [0.1, 0.15) is 11.6 Å². The largest absolute Gasteiger partial charge is 0.495 e. The normalized spacial score (nSPS) is 20.2. The zero-order valence-electron chi connectivity index (χ0n) is 13.4. The van der Waals surface area contributed by atoms with Crippen molar-refractivity contribution in [3.05, 3.63) is 59.7 Å². The first-order valence-electron chi connectivity index (χ1n) is 7.78. The summed E-state index contributed by atoms with van der Waals surface area (Å²) in [7, 11) is 1.56. The fourth-order valence-corrected chi connectivity index (χ4v) is 2.98. The predicted molar refractivity (Wildman–Crippen MR) is 86.0 cm³/mol. The molecule has 1 saturated heterocycles. The van der Waals surface area contributed by atoms with Gasteiger partial charge in [-0.1, -0.05) is 12.1 Å². The van der Waals surface area contributed by atoms with Crippen LogP contribution in [0.5, 0.6) is 5.75 Å². The van der Waals surface area contributed by atoms with Crippen LogP contribution in [0.4, 0.5) is 4.39 Å². The molecule has 5 nitrogen and oxygen atoms in total. The topological polar surface area (TPSA) is 62.7 Å². The van der Waals surface area contributed by atoms with E-state index in [0.717, 1.165) is 5.56 Å². The lowest BCUT2D eigenvalue weighted by Crippen LogP contribution is -2.33. The van der Waals surface area contributed by atoms with Gasteiger partial charge in [-0.25, -0.2) is 4.39 Å². The number of rotatable bonds is 4. The van der Waals surface area contributed by atoms with Gasteiger partial charge >= 0.3 is 0 Å². The standard InChI is InChI=1S/C18H19FN2O3/c1-24-16-7-6-14(20-10-16)8-18(23)21-11-15(22)9-17(21)12-2-4-13(19)5-3-12/h2-7,10,15,17,22H,8-9,11H2,1H3/t15-,17+/m1/s1.